The van der Waals surface area contributed by atoms with Gasteiger partial charge in [-0.3, -0.25) is 0 Å². The molecule has 150 valence electrons. The Hall–Kier alpha value is -3.06. The largest absolute Gasteiger partial charge is 0.393 e. The van der Waals surface area contributed by atoms with Gasteiger partial charge in [0.25, 0.3) is 0 Å². The average Bonchev–Trinajstić information content (AvgIpc) is 2.73. The van der Waals surface area contributed by atoms with Crippen LogP contribution in [0.15, 0.2) is 48.8 Å². The van der Waals surface area contributed by atoms with Crippen molar-refractivity contribution in [3.8, 4) is 0 Å². The first-order chi connectivity index (χ1) is 14.0. The topological polar surface area (TPSA) is 70.3 Å². The number of benzene rings is 2. The van der Waals surface area contributed by atoms with Crippen LogP contribution in [0.5, 0.6) is 0 Å². The summed E-state index contributed by atoms with van der Waals surface area (Å²) in [6.45, 7) is 5.06. The van der Waals surface area contributed by atoms with Gasteiger partial charge in [0.1, 0.15) is 17.8 Å². The minimum atomic E-state index is -0.226. The number of nitrogen functional groups attached to an aromatic ring is 1. The summed E-state index contributed by atoms with van der Waals surface area (Å²) in [5.41, 5.74) is 9.71. The van der Waals surface area contributed by atoms with Crippen LogP contribution in [0.3, 0.4) is 0 Å². The normalized spacial score (nSPS) is 14.2. The third-order valence-electron chi connectivity index (χ3n) is 5.07. The molecule has 1 saturated heterocycles. The lowest BCUT2D eigenvalue weighted by Crippen LogP contribution is -2.47. The molecule has 0 unspecified atom stereocenters. The van der Waals surface area contributed by atoms with Crippen LogP contribution in [-0.2, 0) is 0 Å². The van der Waals surface area contributed by atoms with E-state index in [0.29, 0.717) is 22.3 Å². The van der Waals surface area contributed by atoms with E-state index >= 15 is 0 Å². The Kier molecular flexibility index (Phi) is 5.40. The van der Waals surface area contributed by atoms with Crippen molar-refractivity contribution in [3.05, 3.63) is 65.2 Å². The van der Waals surface area contributed by atoms with Crippen molar-refractivity contribution in [1.29, 1.82) is 0 Å². The lowest BCUT2D eigenvalue weighted by molar-refractivity contribution is 0.624. The molecule has 1 aromatic heterocycles. The van der Waals surface area contributed by atoms with E-state index in [1.165, 1.54) is 18.5 Å². The van der Waals surface area contributed by atoms with E-state index in [9.17, 15) is 4.39 Å². The van der Waals surface area contributed by atoms with Crippen molar-refractivity contribution >= 4 is 40.3 Å². The van der Waals surface area contributed by atoms with Crippen LogP contribution in [0.4, 0.5) is 33.1 Å². The fourth-order valence-corrected chi connectivity index (χ4v) is 3.55. The van der Waals surface area contributed by atoms with Gasteiger partial charge in [-0.2, -0.15) is 0 Å². The minimum absolute atomic E-state index is 0.226. The molecule has 4 rings (SSSR count). The second-order valence-corrected chi connectivity index (χ2v) is 7.41. The Labute approximate surface area is 174 Å². The van der Waals surface area contributed by atoms with Crippen LogP contribution in [0.25, 0.3) is 0 Å². The molecule has 2 aromatic carbocycles. The lowest BCUT2D eigenvalue weighted by Gasteiger charge is -2.37. The van der Waals surface area contributed by atoms with E-state index in [1.807, 2.05) is 25.1 Å². The number of halogens is 2. The molecule has 1 aliphatic rings. The fourth-order valence-electron chi connectivity index (χ4n) is 3.37. The molecule has 3 N–H and O–H groups in total. The van der Waals surface area contributed by atoms with E-state index in [0.717, 1.165) is 43.1 Å². The van der Waals surface area contributed by atoms with Crippen molar-refractivity contribution in [3.63, 3.8) is 0 Å². The maximum atomic E-state index is 13.1. The van der Waals surface area contributed by atoms with Gasteiger partial charge in [0.15, 0.2) is 11.6 Å². The molecule has 2 heterocycles. The Bertz CT molecular complexity index is 1000. The van der Waals surface area contributed by atoms with Crippen LogP contribution in [-0.4, -0.2) is 36.1 Å². The average molecular weight is 413 g/mol. The zero-order chi connectivity index (χ0) is 20.4. The zero-order valence-electron chi connectivity index (χ0n) is 16.1. The molecule has 6 nitrogen and oxygen atoms in total. The quantitative estimate of drug-likeness (QED) is 0.668. The van der Waals surface area contributed by atoms with Crippen LogP contribution < -0.4 is 20.9 Å². The highest BCUT2D eigenvalue weighted by atomic mass is 35.5. The molecule has 0 spiro atoms. The van der Waals surface area contributed by atoms with Gasteiger partial charge in [0, 0.05) is 42.6 Å². The van der Waals surface area contributed by atoms with Gasteiger partial charge in [-0.15, -0.1) is 0 Å². The number of hydrogen-bond donors (Lipinski definition) is 2. The number of nitrogens with two attached hydrogens (primary N) is 1. The van der Waals surface area contributed by atoms with Crippen molar-refractivity contribution in [2.75, 3.05) is 47.0 Å². The van der Waals surface area contributed by atoms with E-state index in [4.69, 9.17) is 17.3 Å². The third-order valence-corrected chi connectivity index (χ3v) is 5.48. The van der Waals surface area contributed by atoms with E-state index in [2.05, 4.69) is 25.1 Å². The smallest absolute Gasteiger partial charge is 0.159 e. The molecule has 0 radical (unpaired) electrons. The monoisotopic (exact) mass is 412 g/mol. The van der Waals surface area contributed by atoms with Crippen LogP contribution in [0.2, 0.25) is 5.02 Å². The third kappa shape index (κ3) is 4.19. The maximum absolute atomic E-state index is 13.1. The summed E-state index contributed by atoms with van der Waals surface area (Å²) in [5.74, 6) is 1.03. The highest BCUT2D eigenvalue weighted by molar-refractivity contribution is 6.31. The Morgan fingerprint density at radius 2 is 1.69 bits per heavy atom. The predicted molar refractivity (Wildman–Crippen MR) is 117 cm³/mol. The lowest BCUT2D eigenvalue weighted by atomic mass is 10.2. The molecule has 8 heteroatoms. The van der Waals surface area contributed by atoms with Gasteiger partial charge in [-0.1, -0.05) is 17.7 Å². The van der Waals surface area contributed by atoms with Gasteiger partial charge >= 0.3 is 0 Å². The number of nitrogens with zero attached hydrogens (tertiary/aromatic N) is 4. The summed E-state index contributed by atoms with van der Waals surface area (Å²) in [7, 11) is 0. The van der Waals surface area contributed by atoms with E-state index < -0.39 is 0 Å². The second kappa shape index (κ2) is 8.13. The summed E-state index contributed by atoms with van der Waals surface area (Å²) < 4.78 is 13.1. The Balaban J connectivity index is 1.47. The van der Waals surface area contributed by atoms with Crippen molar-refractivity contribution in [2.24, 2.45) is 0 Å². The van der Waals surface area contributed by atoms with Crippen molar-refractivity contribution < 1.29 is 4.39 Å². The Morgan fingerprint density at radius 3 is 2.38 bits per heavy atom. The maximum Gasteiger partial charge on any atom is 0.159 e. The van der Waals surface area contributed by atoms with Gasteiger partial charge in [-0.25, -0.2) is 14.4 Å². The van der Waals surface area contributed by atoms with Crippen LogP contribution in [0, 0.1) is 12.7 Å². The molecule has 1 fully saturated rings. The first-order valence-corrected chi connectivity index (χ1v) is 9.78. The minimum Gasteiger partial charge on any atom is -0.393 e. The van der Waals surface area contributed by atoms with Gasteiger partial charge < -0.3 is 20.9 Å². The number of aryl methyl sites for hydroxylation is 1. The number of nitrogens with one attached hydrogen (secondary N) is 1. The summed E-state index contributed by atoms with van der Waals surface area (Å²) >= 11 is 6.21. The SMILES string of the molecule is Cc1ccc(Nc2ncnc(N3CCN(c4ccc(F)cc4)CC3)c2N)cc1Cl. The van der Waals surface area contributed by atoms with E-state index in [1.54, 1.807) is 12.1 Å². The molecule has 3 aromatic rings. The molecular weight excluding hydrogens is 391 g/mol. The molecule has 1 aliphatic heterocycles. The summed E-state index contributed by atoms with van der Waals surface area (Å²) in [6.07, 6.45) is 1.51. The number of aromatic nitrogens is 2. The standard InChI is InChI=1S/C21H22ClFN6/c1-14-2-5-16(12-18(14)22)27-20-19(24)21(26-13-25-20)29-10-8-28(9-11-29)17-6-3-15(23)4-7-17/h2-7,12-13H,8-11,24H2,1H3,(H,25,26,27). The second-order valence-electron chi connectivity index (χ2n) is 7.00. The summed E-state index contributed by atoms with van der Waals surface area (Å²) in [4.78, 5) is 13.1. The number of rotatable bonds is 4. The number of hydrogen-bond acceptors (Lipinski definition) is 6. The Morgan fingerprint density at radius 1 is 1.00 bits per heavy atom. The molecular formula is C21H22ClFN6. The number of piperazine rings is 1. The van der Waals surface area contributed by atoms with Gasteiger partial charge in [0.05, 0.1) is 0 Å². The van der Waals surface area contributed by atoms with Gasteiger partial charge in [-0.05, 0) is 48.9 Å². The molecule has 0 amide bonds. The highest BCUT2D eigenvalue weighted by Gasteiger charge is 2.21. The van der Waals surface area contributed by atoms with Crippen LogP contribution >= 0.6 is 11.6 Å². The summed E-state index contributed by atoms with van der Waals surface area (Å²) in [5, 5.41) is 3.91. The molecule has 29 heavy (non-hydrogen) atoms. The predicted octanol–water partition coefficient (Wildman–Crippen LogP) is 4.23. The molecule has 0 atom stereocenters. The fraction of sp³-hybridized carbons (Fsp3) is 0.238. The van der Waals surface area contributed by atoms with Crippen LogP contribution in [0.1, 0.15) is 5.56 Å². The molecule has 0 bridgehead atoms. The first kappa shape index (κ1) is 19.3. The first-order valence-electron chi connectivity index (χ1n) is 9.40. The molecule has 0 saturated carbocycles. The van der Waals surface area contributed by atoms with Crippen molar-refractivity contribution in [2.45, 2.75) is 6.92 Å². The molecule has 0 aliphatic carbocycles. The zero-order valence-corrected chi connectivity index (χ0v) is 16.8. The number of anilines is 5. The summed E-state index contributed by atoms with van der Waals surface area (Å²) in [6, 6.07) is 12.3. The van der Waals surface area contributed by atoms with Crippen molar-refractivity contribution in [1.82, 2.24) is 9.97 Å². The van der Waals surface area contributed by atoms with Gasteiger partial charge in [0.2, 0.25) is 0 Å². The highest BCUT2D eigenvalue weighted by Crippen LogP contribution is 2.31. The van der Waals surface area contributed by atoms with E-state index in [-0.39, 0.29) is 5.82 Å².